The van der Waals surface area contributed by atoms with Crippen molar-refractivity contribution < 1.29 is 18.0 Å². The average molecular weight is 312 g/mol. The van der Waals surface area contributed by atoms with Crippen LogP contribution in [0.5, 0.6) is 0 Å². The van der Waals surface area contributed by atoms with Gasteiger partial charge in [0.05, 0.1) is 11.1 Å². The maximum absolute atomic E-state index is 13.0. The van der Waals surface area contributed by atoms with Gasteiger partial charge < -0.3 is 10.2 Å². The van der Waals surface area contributed by atoms with Crippen molar-refractivity contribution in [1.82, 2.24) is 10.2 Å². The number of carbonyl (C=O) groups excluding carboxylic acids is 1. The predicted molar refractivity (Wildman–Crippen MR) is 76.5 cm³/mol. The second kappa shape index (κ2) is 5.57. The van der Waals surface area contributed by atoms with E-state index < -0.39 is 17.6 Å². The first-order valence-electron chi connectivity index (χ1n) is 7.58. The molecule has 120 valence electrons. The van der Waals surface area contributed by atoms with Gasteiger partial charge in [-0.05, 0) is 43.4 Å². The highest BCUT2D eigenvalue weighted by Crippen LogP contribution is 2.38. The molecule has 1 amide bonds. The molecule has 0 unspecified atom stereocenters. The Kier molecular flexibility index (Phi) is 3.89. The Labute approximate surface area is 127 Å². The third kappa shape index (κ3) is 2.84. The molecule has 2 heterocycles. The number of amides is 1. The summed E-state index contributed by atoms with van der Waals surface area (Å²) in [6.07, 6.45) is -1.69. The molecule has 0 aliphatic carbocycles. The maximum Gasteiger partial charge on any atom is 0.417 e. The average Bonchev–Trinajstić information content (AvgIpc) is 2.95. The summed E-state index contributed by atoms with van der Waals surface area (Å²) in [6, 6.07) is 5.04. The topological polar surface area (TPSA) is 32.3 Å². The number of carbonyl (C=O) groups is 1. The van der Waals surface area contributed by atoms with E-state index in [0.29, 0.717) is 13.1 Å². The molecule has 2 fully saturated rings. The summed E-state index contributed by atoms with van der Waals surface area (Å²) in [7, 11) is 0. The first-order valence-corrected chi connectivity index (χ1v) is 7.58. The molecule has 0 aromatic heterocycles. The molecule has 22 heavy (non-hydrogen) atoms. The maximum atomic E-state index is 13.0. The molecule has 3 nitrogen and oxygen atoms in total. The third-order valence-electron chi connectivity index (χ3n) is 4.91. The molecule has 1 aromatic rings. The van der Waals surface area contributed by atoms with E-state index in [0.717, 1.165) is 38.4 Å². The van der Waals surface area contributed by atoms with Crippen LogP contribution >= 0.6 is 0 Å². The summed E-state index contributed by atoms with van der Waals surface area (Å²) in [4.78, 5) is 14.0. The zero-order valence-electron chi connectivity index (χ0n) is 12.2. The van der Waals surface area contributed by atoms with Gasteiger partial charge in [-0.3, -0.25) is 4.79 Å². The van der Waals surface area contributed by atoms with Crippen molar-refractivity contribution in [3.05, 3.63) is 35.4 Å². The van der Waals surface area contributed by atoms with E-state index in [9.17, 15) is 18.0 Å². The summed E-state index contributed by atoms with van der Waals surface area (Å²) in [5, 5.41) is 3.34. The van der Waals surface area contributed by atoms with Crippen LogP contribution in [0.3, 0.4) is 0 Å². The lowest BCUT2D eigenvalue weighted by atomic mass is 9.77. The highest BCUT2D eigenvalue weighted by atomic mass is 19.4. The fraction of sp³-hybridized carbons (Fsp3) is 0.562. The molecule has 3 rings (SSSR count). The minimum atomic E-state index is -4.50. The van der Waals surface area contributed by atoms with Crippen LogP contribution in [-0.4, -0.2) is 37.0 Å². The van der Waals surface area contributed by atoms with E-state index in [1.54, 1.807) is 4.90 Å². The molecule has 2 aliphatic heterocycles. The smallest absolute Gasteiger partial charge is 0.339 e. The van der Waals surface area contributed by atoms with E-state index in [2.05, 4.69) is 5.32 Å². The number of hydrogen-bond donors (Lipinski definition) is 1. The molecule has 2 aliphatic rings. The highest BCUT2D eigenvalue weighted by molar-refractivity contribution is 5.96. The van der Waals surface area contributed by atoms with Crippen LogP contribution in [0.1, 0.15) is 35.2 Å². The third-order valence-corrected chi connectivity index (χ3v) is 4.91. The fourth-order valence-corrected chi connectivity index (χ4v) is 3.49. The Balaban J connectivity index is 1.76. The van der Waals surface area contributed by atoms with Crippen molar-refractivity contribution in [2.45, 2.75) is 25.4 Å². The van der Waals surface area contributed by atoms with Crippen LogP contribution in [0.25, 0.3) is 0 Å². The number of rotatable bonds is 1. The van der Waals surface area contributed by atoms with Gasteiger partial charge in [-0.1, -0.05) is 12.1 Å². The molecule has 0 radical (unpaired) electrons. The lowest BCUT2D eigenvalue weighted by molar-refractivity contribution is -0.138. The van der Waals surface area contributed by atoms with Crippen molar-refractivity contribution >= 4 is 5.91 Å². The van der Waals surface area contributed by atoms with Crippen LogP contribution in [0.4, 0.5) is 13.2 Å². The Morgan fingerprint density at radius 1 is 1.14 bits per heavy atom. The molecule has 6 heteroatoms. The van der Waals surface area contributed by atoms with Gasteiger partial charge in [-0.25, -0.2) is 0 Å². The minimum absolute atomic E-state index is 0.236. The molecule has 0 bridgehead atoms. The summed E-state index contributed by atoms with van der Waals surface area (Å²) < 4.78 is 39.1. The Bertz CT molecular complexity index is 555. The molecule has 2 saturated heterocycles. The molecule has 1 spiro atoms. The van der Waals surface area contributed by atoms with Crippen molar-refractivity contribution in [3.8, 4) is 0 Å². The second-order valence-electron chi connectivity index (χ2n) is 6.26. The van der Waals surface area contributed by atoms with E-state index in [1.807, 2.05) is 0 Å². The Morgan fingerprint density at radius 3 is 2.41 bits per heavy atom. The normalized spacial score (nSPS) is 21.3. The van der Waals surface area contributed by atoms with E-state index in [1.165, 1.54) is 18.2 Å². The van der Waals surface area contributed by atoms with Gasteiger partial charge in [0.15, 0.2) is 0 Å². The number of halogens is 3. The SMILES string of the molecule is O=C(c1ccccc1C(F)(F)F)N1CCC2(CCNC2)CC1. The van der Waals surface area contributed by atoms with Crippen LogP contribution in [0.2, 0.25) is 0 Å². The molecule has 0 saturated carbocycles. The molecule has 1 N–H and O–H groups in total. The zero-order valence-corrected chi connectivity index (χ0v) is 12.2. The summed E-state index contributed by atoms with van der Waals surface area (Å²) >= 11 is 0. The van der Waals surface area contributed by atoms with Gasteiger partial charge in [-0.15, -0.1) is 0 Å². The Hall–Kier alpha value is -1.56. The van der Waals surface area contributed by atoms with Gasteiger partial charge in [0.1, 0.15) is 0 Å². The largest absolute Gasteiger partial charge is 0.417 e. The zero-order chi connectivity index (χ0) is 15.8. The van der Waals surface area contributed by atoms with Crippen LogP contribution in [-0.2, 0) is 6.18 Å². The van der Waals surface area contributed by atoms with Crippen LogP contribution < -0.4 is 5.32 Å². The summed E-state index contributed by atoms with van der Waals surface area (Å²) in [6.45, 7) is 3.01. The van der Waals surface area contributed by atoms with Crippen molar-refractivity contribution in [2.24, 2.45) is 5.41 Å². The summed E-state index contributed by atoms with van der Waals surface area (Å²) in [5.74, 6) is -0.506. The van der Waals surface area contributed by atoms with Crippen LogP contribution in [0.15, 0.2) is 24.3 Å². The van der Waals surface area contributed by atoms with Gasteiger partial charge >= 0.3 is 6.18 Å². The minimum Gasteiger partial charge on any atom is -0.339 e. The fourth-order valence-electron chi connectivity index (χ4n) is 3.49. The van der Waals surface area contributed by atoms with Gasteiger partial charge in [-0.2, -0.15) is 13.2 Å². The highest BCUT2D eigenvalue weighted by Gasteiger charge is 2.40. The Morgan fingerprint density at radius 2 is 1.82 bits per heavy atom. The predicted octanol–water partition coefficient (Wildman–Crippen LogP) is 2.92. The van der Waals surface area contributed by atoms with Crippen molar-refractivity contribution in [2.75, 3.05) is 26.2 Å². The van der Waals surface area contributed by atoms with Crippen molar-refractivity contribution in [3.63, 3.8) is 0 Å². The van der Waals surface area contributed by atoms with Crippen molar-refractivity contribution in [1.29, 1.82) is 0 Å². The number of nitrogens with zero attached hydrogens (tertiary/aromatic N) is 1. The van der Waals surface area contributed by atoms with Gasteiger partial charge in [0.25, 0.3) is 5.91 Å². The first-order chi connectivity index (χ1) is 10.4. The molecular formula is C16H19F3N2O. The van der Waals surface area contributed by atoms with E-state index in [4.69, 9.17) is 0 Å². The second-order valence-corrected chi connectivity index (χ2v) is 6.26. The molecule has 1 aromatic carbocycles. The van der Waals surface area contributed by atoms with Gasteiger partial charge in [0.2, 0.25) is 0 Å². The number of benzene rings is 1. The number of hydrogen-bond acceptors (Lipinski definition) is 2. The standard InChI is InChI=1S/C16H19F3N2O/c17-16(18,19)13-4-2-1-3-12(13)14(22)21-9-6-15(7-10-21)5-8-20-11-15/h1-4,20H,5-11H2. The van der Waals surface area contributed by atoms with Crippen LogP contribution in [0, 0.1) is 5.41 Å². The van der Waals surface area contributed by atoms with E-state index in [-0.39, 0.29) is 11.0 Å². The quantitative estimate of drug-likeness (QED) is 0.865. The van der Waals surface area contributed by atoms with E-state index >= 15 is 0 Å². The monoisotopic (exact) mass is 312 g/mol. The lowest BCUT2D eigenvalue weighted by Gasteiger charge is -2.39. The molecule has 0 atom stereocenters. The first kappa shape index (κ1) is 15.3. The number of nitrogens with one attached hydrogen (secondary N) is 1. The lowest BCUT2D eigenvalue weighted by Crippen LogP contribution is -2.44. The number of piperidine rings is 1. The number of alkyl halides is 3. The number of likely N-dealkylation sites (tertiary alicyclic amines) is 1. The molecular weight excluding hydrogens is 293 g/mol. The summed E-state index contributed by atoms with van der Waals surface area (Å²) in [5.41, 5.74) is -0.848. The van der Waals surface area contributed by atoms with Gasteiger partial charge in [0, 0.05) is 19.6 Å².